The topological polar surface area (TPSA) is 96.9 Å². The third-order valence-electron chi connectivity index (χ3n) is 3.28. The molecule has 0 saturated carbocycles. The Morgan fingerprint density at radius 3 is 2.95 bits per heavy atom. The van der Waals surface area contributed by atoms with Gasteiger partial charge in [-0.15, -0.1) is 0 Å². The van der Waals surface area contributed by atoms with Crippen molar-refractivity contribution in [2.75, 3.05) is 5.75 Å². The van der Waals surface area contributed by atoms with Gasteiger partial charge in [-0.25, -0.2) is 8.42 Å². The van der Waals surface area contributed by atoms with Gasteiger partial charge in [0.15, 0.2) is 9.84 Å². The molecular weight excluding hydrogens is 292 g/mol. The lowest BCUT2D eigenvalue weighted by Gasteiger charge is -2.08. The van der Waals surface area contributed by atoms with Crippen molar-refractivity contribution in [3.63, 3.8) is 0 Å². The van der Waals surface area contributed by atoms with E-state index in [0.29, 0.717) is 11.4 Å². The number of amides is 1. The molecule has 1 aliphatic rings. The molecule has 3 rings (SSSR count). The molecule has 0 saturated heterocycles. The highest BCUT2D eigenvalue weighted by Gasteiger charge is 2.24. The average Bonchev–Trinajstić information content (AvgIpc) is 3.09. The molecule has 2 aromatic heterocycles. The van der Waals surface area contributed by atoms with Crippen LogP contribution in [0.15, 0.2) is 35.9 Å². The number of sulfone groups is 1. The molecule has 0 bridgehead atoms. The van der Waals surface area contributed by atoms with E-state index in [0.717, 1.165) is 11.1 Å². The lowest BCUT2D eigenvalue weighted by atomic mass is 10.2. The number of nitrogens with zero attached hydrogens (tertiary/aromatic N) is 2. The van der Waals surface area contributed by atoms with Crippen molar-refractivity contribution in [3.05, 3.63) is 41.6 Å². The molecule has 0 fully saturated rings. The van der Waals surface area contributed by atoms with Crippen LogP contribution in [0.1, 0.15) is 10.5 Å². The Balaban J connectivity index is 1.74. The molecule has 1 atom stereocenters. The molecule has 21 heavy (non-hydrogen) atoms. The molecule has 0 unspecified atom stereocenters. The Morgan fingerprint density at radius 1 is 1.52 bits per heavy atom. The normalized spacial score (nSPS) is 19.8. The van der Waals surface area contributed by atoms with E-state index < -0.39 is 15.9 Å². The standard InChI is InChI=1S/C13H14N4O3S/c1-17-5-2-3-12(17)10-7-11(16-15-10)13(18)14-9-4-6-21(19,20)8-9/h2-7,9H,8H2,1H3,(H,14,18)(H,15,16)/t9-/m1/s1. The molecule has 0 aromatic carbocycles. The third kappa shape index (κ3) is 2.75. The zero-order valence-electron chi connectivity index (χ0n) is 11.3. The summed E-state index contributed by atoms with van der Waals surface area (Å²) in [5.41, 5.74) is 1.83. The van der Waals surface area contributed by atoms with E-state index in [1.165, 1.54) is 6.08 Å². The number of aryl methyl sites for hydroxylation is 1. The first-order chi connectivity index (χ1) is 9.94. The minimum Gasteiger partial charge on any atom is -0.349 e. The van der Waals surface area contributed by atoms with E-state index in [1.54, 1.807) is 6.07 Å². The van der Waals surface area contributed by atoms with Gasteiger partial charge in [0.25, 0.3) is 5.91 Å². The second kappa shape index (κ2) is 4.88. The van der Waals surface area contributed by atoms with Crippen molar-refractivity contribution in [1.82, 2.24) is 20.1 Å². The van der Waals surface area contributed by atoms with Gasteiger partial charge in [-0.2, -0.15) is 5.10 Å². The van der Waals surface area contributed by atoms with Crippen LogP contribution in [0, 0.1) is 0 Å². The fourth-order valence-electron chi connectivity index (χ4n) is 2.21. The van der Waals surface area contributed by atoms with Crippen molar-refractivity contribution >= 4 is 15.7 Å². The molecule has 1 aliphatic heterocycles. The molecule has 2 N–H and O–H groups in total. The largest absolute Gasteiger partial charge is 0.349 e. The number of H-pyrrole nitrogens is 1. The second-order valence-electron chi connectivity index (χ2n) is 4.91. The molecule has 7 nitrogen and oxygen atoms in total. The summed E-state index contributed by atoms with van der Waals surface area (Å²) >= 11 is 0. The maximum atomic E-state index is 12.1. The highest BCUT2D eigenvalue weighted by Crippen LogP contribution is 2.17. The summed E-state index contributed by atoms with van der Waals surface area (Å²) in [4.78, 5) is 12.1. The van der Waals surface area contributed by atoms with Crippen molar-refractivity contribution in [1.29, 1.82) is 0 Å². The number of nitrogens with one attached hydrogen (secondary N) is 2. The average molecular weight is 306 g/mol. The monoisotopic (exact) mass is 306 g/mol. The maximum Gasteiger partial charge on any atom is 0.269 e. The van der Waals surface area contributed by atoms with Crippen LogP contribution in [0.5, 0.6) is 0 Å². The van der Waals surface area contributed by atoms with Gasteiger partial charge in [-0.3, -0.25) is 9.89 Å². The van der Waals surface area contributed by atoms with Crippen LogP contribution < -0.4 is 5.32 Å². The highest BCUT2D eigenvalue weighted by atomic mass is 32.2. The second-order valence-corrected chi connectivity index (χ2v) is 6.84. The van der Waals surface area contributed by atoms with E-state index in [1.807, 2.05) is 29.9 Å². The van der Waals surface area contributed by atoms with Crippen LogP contribution in [0.2, 0.25) is 0 Å². The summed E-state index contributed by atoms with van der Waals surface area (Å²) in [6.07, 6.45) is 3.36. The Hall–Kier alpha value is -2.35. The Kier molecular flexibility index (Phi) is 3.17. The Labute approximate surface area is 121 Å². The molecule has 0 radical (unpaired) electrons. The van der Waals surface area contributed by atoms with Gasteiger partial charge in [0.05, 0.1) is 17.5 Å². The van der Waals surface area contributed by atoms with Crippen LogP contribution in [0.3, 0.4) is 0 Å². The molecule has 1 amide bonds. The summed E-state index contributed by atoms with van der Waals surface area (Å²) in [5.74, 6) is -0.480. The van der Waals surface area contributed by atoms with Gasteiger partial charge in [-0.05, 0) is 24.3 Å². The highest BCUT2D eigenvalue weighted by molar-refractivity contribution is 7.94. The minimum atomic E-state index is -3.18. The van der Waals surface area contributed by atoms with Crippen molar-refractivity contribution in [3.8, 4) is 11.4 Å². The fourth-order valence-corrected chi connectivity index (χ4v) is 3.44. The van der Waals surface area contributed by atoms with E-state index in [-0.39, 0.29) is 11.7 Å². The van der Waals surface area contributed by atoms with Gasteiger partial charge in [0, 0.05) is 18.7 Å². The fraction of sp³-hybridized carbons (Fsp3) is 0.231. The van der Waals surface area contributed by atoms with Crippen LogP contribution in [0.4, 0.5) is 0 Å². The van der Waals surface area contributed by atoms with E-state index in [9.17, 15) is 13.2 Å². The first-order valence-corrected chi connectivity index (χ1v) is 8.05. The zero-order valence-corrected chi connectivity index (χ0v) is 12.1. The van der Waals surface area contributed by atoms with Crippen molar-refractivity contribution in [2.24, 2.45) is 7.05 Å². The van der Waals surface area contributed by atoms with Gasteiger partial charge in [0.1, 0.15) is 11.4 Å². The molecule has 8 heteroatoms. The maximum absolute atomic E-state index is 12.1. The molecule has 0 spiro atoms. The number of carbonyl (C=O) groups excluding carboxylic acids is 1. The molecule has 110 valence electrons. The van der Waals surface area contributed by atoms with Crippen LogP contribution in [0.25, 0.3) is 11.4 Å². The Morgan fingerprint density at radius 2 is 2.33 bits per heavy atom. The predicted molar refractivity (Wildman–Crippen MR) is 77.2 cm³/mol. The van der Waals surface area contributed by atoms with Crippen LogP contribution in [-0.4, -0.2) is 40.9 Å². The van der Waals surface area contributed by atoms with Crippen LogP contribution >= 0.6 is 0 Å². The molecule has 2 aromatic rings. The smallest absolute Gasteiger partial charge is 0.269 e. The van der Waals surface area contributed by atoms with Gasteiger partial charge < -0.3 is 9.88 Å². The van der Waals surface area contributed by atoms with Crippen molar-refractivity contribution in [2.45, 2.75) is 6.04 Å². The summed E-state index contributed by atoms with van der Waals surface area (Å²) in [7, 11) is -1.30. The number of carbonyl (C=O) groups is 1. The number of hydrogen-bond donors (Lipinski definition) is 2. The summed E-state index contributed by atoms with van der Waals surface area (Å²) < 4.78 is 24.5. The Bertz CT molecular complexity index is 816. The van der Waals surface area contributed by atoms with Crippen LogP contribution in [-0.2, 0) is 16.9 Å². The van der Waals surface area contributed by atoms with Gasteiger partial charge in [-0.1, -0.05) is 0 Å². The number of aromatic nitrogens is 3. The van der Waals surface area contributed by atoms with E-state index >= 15 is 0 Å². The summed E-state index contributed by atoms with van der Waals surface area (Å²) in [6.45, 7) is 0. The first-order valence-electron chi connectivity index (χ1n) is 6.33. The molecule has 3 heterocycles. The van der Waals surface area contributed by atoms with E-state index in [4.69, 9.17) is 0 Å². The number of aromatic amines is 1. The minimum absolute atomic E-state index is 0.0997. The predicted octanol–water partition coefficient (Wildman–Crippen LogP) is 0.456. The van der Waals surface area contributed by atoms with Gasteiger partial charge >= 0.3 is 0 Å². The van der Waals surface area contributed by atoms with E-state index in [2.05, 4.69) is 15.5 Å². The quantitative estimate of drug-likeness (QED) is 0.860. The lowest BCUT2D eigenvalue weighted by molar-refractivity contribution is 0.0942. The first kappa shape index (κ1) is 13.6. The lowest BCUT2D eigenvalue weighted by Crippen LogP contribution is -2.35. The SMILES string of the molecule is Cn1cccc1-c1cc(C(=O)N[C@@H]2C=CS(=O)(=O)C2)[nH]n1. The number of rotatable bonds is 3. The molecular formula is C13H14N4O3S. The van der Waals surface area contributed by atoms with Gasteiger partial charge in [0.2, 0.25) is 0 Å². The summed E-state index contributed by atoms with van der Waals surface area (Å²) in [5, 5.41) is 10.5. The third-order valence-corrected chi connectivity index (χ3v) is 4.67. The molecule has 0 aliphatic carbocycles. The summed E-state index contributed by atoms with van der Waals surface area (Å²) in [6, 6.07) is 4.92. The number of hydrogen-bond acceptors (Lipinski definition) is 4. The zero-order chi connectivity index (χ0) is 15.0. The van der Waals surface area contributed by atoms with Crippen molar-refractivity contribution < 1.29 is 13.2 Å².